The van der Waals surface area contributed by atoms with Gasteiger partial charge in [0.05, 0.1) is 5.69 Å². The molecule has 18 heavy (non-hydrogen) atoms. The molecule has 1 aromatic carbocycles. The van der Waals surface area contributed by atoms with Gasteiger partial charge in [-0.2, -0.15) is 0 Å². The molecule has 0 unspecified atom stereocenters. The van der Waals surface area contributed by atoms with Crippen LogP contribution in [0.15, 0.2) is 42.6 Å². The van der Waals surface area contributed by atoms with Gasteiger partial charge in [-0.15, -0.1) is 0 Å². The second-order valence-electron chi connectivity index (χ2n) is 4.17. The van der Waals surface area contributed by atoms with Gasteiger partial charge in [0.25, 0.3) is 5.91 Å². The maximum atomic E-state index is 12.1. The smallest absolute Gasteiger partial charge is 0.272 e. The van der Waals surface area contributed by atoms with E-state index < -0.39 is 0 Å². The van der Waals surface area contributed by atoms with E-state index in [1.54, 1.807) is 12.3 Å². The number of aryl methyl sites for hydroxylation is 1. The number of hydrogen-bond donors (Lipinski definition) is 2. The van der Waals surface area contributed by atoms with Crippen LogP contribution in [-0.2, 0) is 6.54 Å². The number of para-hydroxylation sites is 1. The van der Waals surface area contributed by atoms with Gasteiger partial charge in [-0.3, -0.25) is 4.79 Å². The summed E-state index contributed by atoms with van der Waals surface area (Å²) in [6, 6.07) is 11.1. The Morgan fingerprint density at radius 3 is 2.72 bits per heavy atom. The summed E-state index contributed by atoms with van der Waals surface area (Å²) >= 11 is 0. The van der Waals surface area contributed by atoms with Crippen molar-refractivity contribution < 1.29 is 4.79 Å². The summed E-state index contributed by atoms with van der Waals surface area (Å²) in [5.41, 5.74) is 7.73. The van der Waals surface area contributed by atoms with Gasteiger partial charge in [0.1, 0.15) is 5.69 Å². The van der Waals surface area contributed by atoms with E-state index in [1.807, 2.05) is 34.9 Å². The number of amides is 1. The van der Waals surface area contributed by atoms with Crippen LogP contribution in [0.2, 0.25) is 0 Å². The summed E-state index contributed by atoms with van der Waals surface area (Å²) in [4.78, 5) is 12.1. The first kappa shape index (κ1) is 12.2. The summed E-state index contributed by atoms with van der Waals surface area (Å²) in [6.07, 6.45) is 2.75. The van der Waals surface area contributed by atoms with Crippen LogP contribution in [0.1, 0.15) is 23.8 Å². The Morgan fingerprint density at radius 1 is 1.33 bits per heavy atom. The standard InChI is InChI=1S/C14H17N3O/c1-2-8-17-10-11(15)9-13(17)14(18)16-12-6-4-3-5-7-12/h3-7,9-10H,2,8,15H2,1H3,(H,16,18). The van der Waals surface area contributed by atoms with E-state index in [4.69, 9.17) is 5.73 Å². The molecule has 0 bridgehead atoms. The normalized spacial score (nSPS) is 10.3. The Hall–Kier alpha value is -2.23. The van der Waals surface area contributed by atoms with Crippen LogP contribution >= 0.6 is 0 Å². The quantitative estimate of drug-likeness (QED) is 0.867. The van der Waals surface area contributed by atoms with Crippen LogP contribution < -0.4 is 11.1 Å². The summed E-state index contributed by atoms with van der Waals surface area (Å²) in [6.45, 7) is 2.85. The SMILES string of the molecule is CCCn1cc(N)cc1C(=O)Nc1ccccc1. The minimum Gasteiger partial charge on any atom is -0.397 e. The van der Waals surface area contributed by atoms with Crippen molar-refractivity contribution in [3.8, 4) is 0 Å². The molecule has 3 N–H and O–H groups in total. The molecule has 4 nitrogen and oxygen atoms in total. The second kappa shape index (κ2) is 5.40. The highest BCUT2D eigenvalue weighted by Gasteiger charge is 2.12. The van der Waals surface area contributed by atoms with Gasteiger partial charge < -0.3 is 15.6 Å². The van der Waals surface area contributed by atoms with Crippen LogP contribution in [0.5, 0.6) is 0 Å². The first-order valence-electron chi connectivity index (χ1n) is 6.02. The van der Waals surface area contributed by atoms with Gasteiger partial charge in [0.2, 0.25) is 0 Å². The van der Waals surface area contributed by atoms with Crippen molar-refractivity contribution in [3.63, 3.8) is 0 Å². The van der Waals surface area contributed by atoms with Gasteiger partial charge in [-0.25, -0.2) is 0 Å². The Balaban J connectivity index is 2.18. The third-order valence-electron chi connectivity index (χ3n) is 2.65. The van der Waals surface area contributed by atoms with Crippen molar-refractivity contribution in [2.45, 2.75) is 19.9 Å². The van der Waals surface area contributed by atoms with Crippen LogP contribution in [0.3, 0.4) is 0 Å². The maximum Gasteiger partial charge on any atom is 0.272 e. The molecule has 0 aliphatic carbocycles. The molecule has 2 rings (SSSR count). The van der Waals surface area contributed by atoms with Gasteiger partial charge >= 0.3 is 0 Å². The molecule has 0 saturated heterocycles. The number of carbonyl (C=O) groups is 1. The molecule has 0 spiro atoms. The molecule has 94 valence electrons. The molecular weight excluding hydrogens is 226 g/mol. The van der Waals surface area contributed by atoms with Crippen LogP contribution in [0.4, 0.5) is 11.4 Å². The van der Waals surface area contributed by atoms with Crippen molar-refractivity contribution in [1.29, 1.82) is 0 Å². The zero-order valence-corrected chi connectivity index (χ0v) is 10.4. The number of hydrogen-bond acceptors (Lipinski definition) is 2. The number of rotatable bonds is 4. The Bertz CT molecular complexity index is 531. The molecule has 4 heteroatoms. The molecule has 0 aliphatic rings. The lowest BCUT2D eigenvalue weighted by Crippen LogP contribution is -2.16. The minimum atomic E-state index is -0.133. The summed E-state index contributed by atoms with van der Waals surface area (Å²) in [7, 11) is 0. The topological polar surface area (TPSA) is 60.0 Å². The van der Waals surface area contributed by atoms with Gasteiger partial charge in [0, 0.05) is 18.4 Å². The number of benzene rings is 1. The van der Waals surface area contributed by atoms with Gasteiger partial charge in [0.15, 0.2) is 0 Å². The number of carbonyl (C=O) groups excluding carboxylic acids is 1. The molecule has 0 saturated carbocycles. The van der Waals surface area contributed by atoms with Crippen LogP contribution in [0, 0.1) is 0 Å². The monoisotopic (exact) mass is 243 g/mol. The zero-order chi connectivity index (χ0) is 13.0. The van der Waals surface area contributed by atoms with Crippen LogP contribution in [0.25, 0.3) is 0 Å². The van der Waals surface area contributed by atoms with E-state index in [9.17, 15) is 4.79 Å². The molecule has 0 radical (unpaired) electrons. The van der Waals surface area contributed by atoms with Crippen molar-refractivity contribution >= 4 is 17.3 Å². The predicted molar refractivity (Wildman–Crippen MR) is 73.5 cm³/mol. The number of nitrogens with two attached hydrogens (primary N) is 1. The zero-order valence-electron chi connectivity index (χ0n) is 10.4. The summed E-state index contributed by atoms with van der Waals surface area (Å²) in [5, 5.41) is 2.86. The molecule has 0 atom stereocenters. The number of aromatic nitrogens is 1. The van der Waals surface area contributed by atoms with Crippen molar-refractivity contribution in [2.24, 2.45) is 0 Å². The molecule has 1 heterocycles. The largest absolute Gasteiger partial charge is 0.397 e. The second-order valence-corrected chi connectivity index (χ2v) is 4.17. The van der Waals surface area contributed by atoms with E-state index in [0.29, 0.717) is 11.4 Å². The third-order valence-corrected chi connectivity index (χ3v) is 2.65. The predicted octanol–water partition coefficient (Wildman–Crippen LogP) is 2.73. The Kier molecular flexibility index (Phi) is 3.67. The number of nitrogen functional groups attached to an aromatic ring is 1. The van der Waals surface area contributed by atoms with Crippen LogP contribution in [-0.4, -0.2) is 10.5 Å². The highest BCUT2D eigenvalue weighted by molar-refractivity contribution is 6.03. The first-order valence-corrected chi connectivity index (χ1v) is 6.02. The lowest BCUT2D eigenvalue weighted by atomic mass is 10.3. The fraction of sp³-hybridized carbons (Fsp3) is 0.214. The summed E-state index contributed by atoms with van der Waals surface area (Å²) in [5.74, 6) is -0.133. The highest BCUT2D eigenvalue weighted by atomic mass is 16.1. The number of anilines is 2. The third kappa shape index (κ3) is 2.71. The van der Waals surface area contributed by atoms with Crippen molar-refractivity contribution in [3.05, 3.63) is 48.3 Å². The molecular formula is C14H17N3O. The molecule has 1 aromatic heterocycles. The lowest BCUT2D eigenvalue weighted by Gasteiger charge is -2.08. The minimum absolute atomic E-state index is 0.133. The van der Waals surface area contributed by atoms with Crippen molar-refractivity contribution in [1.82, 2.24) is 4.57 Å². The molecule has 2 aromatic rings. The van der Waals surface area contributed by atoms with E-state index in [1.165, 1.54) is 0 Å². The fourth-order valence-corrected chi connectivity index (χ4v) is 1.87. The Labute approximate surface area is 106 Å². The lowest BCUT2D eigenvalue weighted by molar-refractivity contribution is 0.101. The van der Waals surface area contributed by atoms with E-state index >= 15 is 0 Å². The van der Waals surface area contributed by atoms with Gasteiger partial charge in [-0.05, 0) is 24.6 Å². The average molecular weight is 243 g/mol. The average Bonchev–Trinajstić information content (AvgIpc) is 2.72. The van der Waals surface area contributed by atoms with Gasteiger partial charge in [-0.1, -0.05) is 25.1 Å². The maximum absolute atomic E-state index is 12.1. The summed E-state index contributed by atoms with van der Waals surface area (Å²) < 4.78 is 1.88. The molecule has 0 aliphatic heterocycles. The van der Waals surface area contributed by atoms with Crippen molar-refractivity contribution in [2.75, 3.05) is 11.1 Å². The molecule has 0 fully saturated rings. The van der Waals surface area contributed by atoms with E-state index in [-0.39, 0.29) is 5.91 Å². The van der Waals surface area contributed by atoms with E-state index in [0.717, 1.165) is 18.7 Å². The fourth-order valence-electron chi connectivity index (χ4n) is 1.87. The number of nitrogens with one attached hydrogen (secondary N) is 1. The molecule has 1 amide bonds. The highest BCUT2D eigenvalue weighted by Crippen LogP contribution is 2.14. The van der Waals surface area contributed by atoms with E-state index in [2.05, 4.69) is 12.2 Å². The Morgan fingerprint density at radius 2 is 2.06 bits per heavy atom. The number of nitrogens with zero attached hydrogens (tertiary/aromatic N) is 1. The first-order chi connectivity index (χ1) is 8.70.